The predicted molar refractivity (Wildman–Crippen MR) is 121 cm³/mol. The standard InChI is InChI=1S/C24H34N4O2/c1-3-25-23(28-19-24(11-7-12-24)13-15-29-2)27-17-21-10-14-26-22(16-21)30-18-20-8-5-4-6-9-20/h4-6,8-10,14,16H,3,7,11-13,15,17-19H2,1-2H3,(H2,25,27,28). The maximum absolute atomic E-state index is 5.84. The summed E-state index contributed by atoms with van der Waals surface area (Å²) in [5.41, 5.74) is 2.55. The minimum absolute atomic E-state index is 0.349. The number of benzene rings is 1. The molecule has 1 heterocycles. The lowest BCUT2D eigenvalue weighted by molar-refractivity contribution is 0.0732. The molecule has 162 valence electrons. The van der Waals surface area contributed by atoms with Crippen LogP contribution in [0.15, 0.2) is 53.7 Å². The van der Waals surface area contributed by atoms with E-state index in [-0.39, 0.29) is 0 Å². The van der Waals surface area contributed by atoms with Gasteiger partial charge in [0, 0.05) is 39.1 Å². The van der Waals surface area contributed by atoms with Gasteiger partial charge in [-0.2, -0.15) is 0 Å². The van der Waals surface area contributed by atoms with Gasteiger partial charge in [0.1, 0.15) is 6.61 Å². The highest BCUT2D eigenvalue weighted by Crippen LogP contribution is 2.43. The van der Waals surface area contributed by atoms with Crippen molar-refractivity contribution in [3.8, 4) is 5.88 Å². The second kappa shape index (κ2) is 11.6. The Balaban J connectivity index is 1.55. The molecule has 0 unspecified atom stereocenters. The lowest BCUT2D eigenvalue weighted by Crippen LogP contribution is -2.46. The Kier molecular flexibility index (Phi) is 8.51. The third-order valence-corrected chi connectivity index (χ3v) is 5.67. The van der Waals surface area contributed by atoms with Crippen LogP contribution in [0.3, 0.4) is 0 Å². The Bertz CT molecular complexity index is 791. The van der Waals surface area contributed by atoms with Gasteiger partial charge in [-0.3, -0.25) is 0 Å². The number of aromatic nitrogens is 1. The number of pyridine rings is 1. The van der Waals surface area contributed by atoms with Crippen LogP contribution in [0.25, 0.3) is 0 Å². The molecule has 0 aliphatic heterocycles. The Labute approximate surface area is 180 Å². The molecular formula is C24H34N4O2. The fourth-order valence-electron chi connectivity index (χ4n) is 3.65. The predicted octanol–water partition coefficient (Wildman–Crippen LogP) is 3.92. The normalized spacial score (nSPS) is 15.3. The van der Waals surface area contributed by atoms with E-state index in [9.17, 15) is 0 Å². The summed E-state index contributed by atoms with van der Waals surface area (Å²) >= 11 is 0. The second-order valence-corrected chi connectivity index (χ2v) is 7.92. The zero-order valence-electron chi connectivity index (χ0n) is 18.2. The van der Waals surface area contributed by atoms with Crippen LogP contribution in [0.5, 0.6) is 5.88 Å². The number of hydrogen-bond donors (Lipinski definition) is 2. The van der Waals surface area contributed by atoms with Crippen LogP contribution in [0.4, 0.5) is 0 Å². The molecule has 2 aromatic rings. The number of rotatable bonds is 11. The molecule has 0 atom stereocenters. The van der Waals surface area contributed by atoms with Crippen molar-refractivity contribution in [2.75, 3.05) is 26.8 Å². The van der Waals surface area contributed by atoms with E-state index in [1.165, 1.54) is 19.3 Å². The van der Waals surface area contributed by atoms with Crippen LogP contribution in [0.1, 0.15) is 43.7 Å². The zero-order chi connectivity index (χ0) is 21.1. The Morgan fingerprint density at radius 3 is 2.67 bits per heavy atom. The Hall–Kier alpha value is -2.60. The summed E-state index contributed by atoms with van der Waals surface area (Å²) in [6.07, 6.45) is 6.70. The molecule has 1 fully saturated rings. The molecule has 6 heteroatoms. The molecule has 2 N–H and O–H groups in total. The maximum Gasteiger partial charge on any atom is 0.213 e. The zero-order valence-corrected chi connectivity index (χ0v) is 18.2. The van der Waals surface area contributed by atoms with Gasteiger partial charge in [-0.1, -0.05) is 36.8 Å². The van der Waals surface area contributed by atoms with Crippen LogP contribution in [0.2, 0.25) is 0 Å². The monoisotopic (exact) mass is 410 g/mol. The number of nitrogens with zero attached hydrogens (tertiary/aromatic N) is 2. The minimum atomic E-state index is 0.349. The molecule has 3 rings (SSSR count). The van der Waals surface area contributed by atoms with E-state index in [4.69, 9.17) is 14.5 Å². The van der Waals surface area contributed by atoms with E-state index >= 15 is 0 Å². The highest BCUT2D eigenvalue weighted by Gasteiger charge is 2.36. The summed E-state index contributed by atoms with van der Waals surface area (Å²) in [4.78, 5) is 9.08. The summed E-state index contributed by atoms with van der Waals surface area (Å²) in [6.45, 7) is 5.75. The van der Waals surface area contributed by atoms with Crippen molar-refractivity contribution in [2.45, 2.75) is 45.8 Å². The molecule has 1 saturated carbocycles. The highest BCUT2D eigenvalue weighted by atomic mass is 16.5. The average Bonchev–Trinajstić information content (AvgIpc) is 2.76. The molecule has 1 aromatic carbocycles. The fraction of sp³-hybridized carbons (Fsp3) is 0.500. The van der Waals surface area contributed by atoms with Gasteiger partial charge in [0.25, 0.3) is 0 Å². The minimum Gasteiger partial charge on any atom is -0.473 e. The average molecular weight is 411 g/mol. The first kappa shape index (κ1) is 22.1. The molecule has 1 aliphatic carbocycles. The SMILES string of the molecule is CCNC(=NCc1ccnc(OCc2ccccc2)c1)NCC1(CCOC)CCC1. The van der Waals surface area contributed by atoms with Crippen LogP contribution in [0, 0.1) is 5.41 Å². The molecule has 0 bridgehead atoms. The van der Waals surface area contributed by atoms with Crippen LogP contribution in [-0.2, 0) is 17.9 Å². The molecule has 30 heavy (non-hydrogen) atoms. The van der Waals surface area contributed by atoms with E-state index in [2.05, 4.69) is 22.5 Å². The number of ether oxygens (including phenoxy) is 2. The third-order valence-electron chi connectivity index (χ3n) is 5.67. The van der Waals surface area contributed by atoms with Crippen molar-refractivity contribution in [1.29, 1.82) is 0 Å². The van der Waals surface area contributed by atoms with Gasteiger partial charge in [0.05, 0.1) is 6.54 Å². The first-order valence-electron chi connectivity index (χ1n) is 10.9. The smallest absolute Gasteiger partial charge is 0.213 e. The van der Waals surface area contributed by atoms with Crippen molar-refractivity contribution in [1.82, 2.24) is 15.6 Å². The molecule has 0 amide bonds. The highest BCUT2D eigenvalue weighted by molar-refractivity contribution is 5.79. The van der Waals surface area contributed by atoms with Gasteiger partial charge in [-0.15, -0.1) is 0 Å². The Morgan fingerprint density at radius 2 is 1.97 bits per heavy atom. The van der Waals surface area contributed by atoms with Crippen molar-refractivity contribution < 1.29 is 9.47 Å². The van der Waals surface area contributed by atoms with E-state index in [0.29, 0.717) is 24.4 Å². The largest absolute Gasteiger partial charge is 0.473 e. The number of hydrogen-bond acceptors (Lipinski definition) is 4. The molecule has 1 aliphatic rings. The van der Waals surface area contributed by atoms with Crippen molar-refractivity contribution in [3.05, 3.63) is 59.8 Å². The van der Waals surface area contributed by atoms with Gasteiger partial charge in [0.15, 0.2) is 5.96 Å². The van der Waals surface area contributed by atoms with Crippen molar-refractivity contribution in [3.63, 3.8) is 0 Å². The molecule has 0 saturated heterocycles. The van der Waals surface area contributed by atoms with E-state index in [1.807, 2.05) is 42.5 Å². The van der Waals surface area contributed by atoms with Crippen LogP contribution in [-0.4, -0.2) is 37.7 Å². The topological polar surface area (TPSA) is 67.8 Å². The summed E-state index contributed by atoms with van der Waals surface area (Å²) in [6, 6.07) is 14.1. The number of aliphatic imine (C=N–C) groups is 1. The first-order chi connectivity index (χ1) is 14.7. The summed E-state index contributed by atoms with van der Waals surface area (Å²) in [7, 11) is 1.78. The van der Waals surface area contributed by atoms with Gasteiger partial charge in [0.2, 0.25) is 5.88 Å². The maximum atomic E-state index is 5.84. The molecule has 1 aromatic heterocycles. The lowest BCUT2D eigenvalue weighted by Gasteiger charge is -2.42. The van der Waals surface area contributed by atoms with Crippen molar-refractivity contribution >= 4 is 5.96 Å². The lowest BCUT2D eigenvalue weighted by atomic mass is 9.67. The van der Waals surface area contributed by atoms with Gasteiger partial charge >= 0.3 is 0 Å². The third kappa shape index (κ3) is 6.73. The molecule has 0 spiro atoms. The quantitative estimate of drug-likeness (QED) is 0.434. The van der Waals surface area contributed by atoms with Gasteiger partial charge in [-0.05, 0) is 48.8 Å². The summed E-state index contributed by atoms with van der Waals surface area (Å²) in [5.74, 6) is 1.47. The van der Waals surface area contributed by atoms with E-state index in [0.717, 1.165) is 43.2 Å². The number of methoxy groups -OCH3 is 1. The van der Waals surface area contributed by atoms with E-state index in [1.54, 1.807) is 13.3 Å². The number of guanidine groups is 1. The molecular weight excluding hydrogens is 376 g/mol. The summed E-state index contributed by atoms with van der Waals surface area (Å²) in [5, 5.41) is 6.89. The number of nitrogens with one attached hydrogen (secondary N) is 2. The summed E-state index contributed by atoms with van der Waals surface area (Å²) < 4.78 is 11.1. The fourth-order valence-corrected chi connectivity index (χ4v) is 3.65. The van der Waals surface area contributed by atoms with Gasteiger partial charge in [-0.25, -0.2) is 9.98 Å². The first-order valence-corrected chi connectivity index (χ1v) is 10.9. The Morgan fingerprint density at radius 1 is 1.13 bits per heavy atom. The molecule has 0 radical (unpaired) electrons. The van der Waals surface area contributed by atoms with Crippen molar-refractivity contribution in [2.24, 2.45) is 10.4 Å². The molecule has 6 nitrogen and oxygen atoms in total. The second-order valence-electron chi connectivity index (χ2n) is 7.92. The van der Waals surface area contributed by atoms with Gasteiger partial charge < -0.3 is 20.1 Å². The van der Waals surface area contributed by atoms with Crippen LogP contribution >= 0.6 is 0 Å². The van der Waals surface area contributed by atoms with Crippen LogP contribution < -0.4 is 15.4 Å². The van der Waals surface area contributed by atoms with E-state index < -0.39 is 0 Å².